The number of likely N-dealkylation sites (N-methyl/N-ethyl adjacent to an activating group) is 1. The highest BCUT2D eigenvalue weighted by Gasteiger charge is 2.53. The maximum absolute atomic E-state index is 13.4. The van der Waals surface area contributed by atoms with Gasteiger partial charge in [0.1, 0.15) is 5.60 Å². The molecule has 7 nitrogen and oxygen atoms in total. The molecule has 2 amide bonds. The molecule has 0 bridgehead atoms. The maximum atomic E-state index is 13.4. The van der Waals surface area contributed by atoms with Crippen molar-refractivity contribution in [3.8, 4) is 11.1 Å². The summed E-state index contributed by atoms with van der Waals surface area (Å²) >= 11 is 0. The van der Waals surface area contributed by atoms with Crippen molar-refractivity contribution >= 4 is 12.0 Å². The molecule has 2 aromatic carbocycles. The number of aromatic nitrogens is 1. The predicted molar refractivity (Wildman–Crippen MR) is 155 cm³/mol. The number of cyclic esters (lactones) is 1. The Balaban J connectivity index is 1.33. The summed E-state index contributed by atoms with van der Waals surface area (Å²) < 4.78 is 6.16. The van der Waals surface area contributed by atoms with Crippen molar-refractivity contribution in [3.63, 3.8) is 0 Å². The molecule has 0 spiro atoms. The summed E-state index contributed by atoms with van der Waals surface area (Å²) in [5.41, 5.74) is 2.41. The molecule has 1 aliphatic carbocycles. The fraction of sp³-hybridized carbons (Fsp3) is 0.424. The van der Waals surface area contributed by atoms with Crippen LogP contribution in [0.25, 0.3) is 11.1 Å². The van der Waals surface area contributed by atoms with E-state index in [1.54, 1.807) is 43.9 Å². The second-order valence-electron chi connectivity index (χ2n) is 12.2. The highest BCUT2D eigenvalue weighted by Crippen LogP contribution is 2.49. The molecule has 2 atom stereocenters. The molecule has 40 heavy (non-hydrogen) atoms. The topological polar surface area (TPSA) is 83.0 Å². The number of aliphatic hydroxyl groups is 1. The molecule has 210 valence electrons. The van der Waals surface area contributed by atoms with Crippen molar-refractivity contribution in [2.75, 3.05) is 20.6 Å². The van der Waals surface area contributed by atoms with E-state index in [4.69, 9.17) is 4.74 Å². The summed E-state index contributed by atoms with van der Waals surface area (Å²) in [5, 5.41) is 10.6. The Bertz CT molecular complexity index is 1380. The van der Waals surface area contributed by atoms with Gasteiger partial charge in [-0.1, -0.05) is 54.6 Å². The Morgan fingerprint density at radius 1 is 1.05 bits per heavy atom. The summed E-state index contributed by atoms with van der Waals surface area (Å²) in [4.78, 5) is 34.2. The van der Waals surface area contributed by atoms with Crippen LogP contribution in [-0.2, 0) is 20.5 Å². The molecule has 0 unspecified atom stereocenters. The van der Waals surface area contributed by atoms with Gasteiger partial charge in [-0.15, -0.1) is 0 Å². The normalized spacial score (nSPS) is 20.9. The average molecular weight is 542 g/mol. The van der Waals surface area contributed by atoms with Gasteiger partial charge in [0.25, 0.3) is 0 Å². The molecule has 5 rings (SSSR count). The van der Waals surface area contributed by atoms with Gasteiger partial charge in [-0.05, 0) is 68.0 Å². The molecular weight excluding hydrogens is 502 g/mol. The first-order valence-electron chi connectivity index (χ1n) is 14.0. The molecule has 2 fully saturated rings. The number of hydrogen-bond acceptors (Lipinski definition) is 5. The molecule has 2 aliphatic rings. The van der Waals surface area contributed by atoms with Gasteiger partial charge in [-0.3, -0.25) is 9.78 Å². The molecule has 3 aromatic rings. The predicted octanol–water partition coefficient (Wildman–Crippen LogP) is 5.83. The van der Waals surface area contributed by atoms with Crippen LogP contribution in [0, 0.1) is 0 Å². The minimum atomic E-state index is -0.995. The maximum Gasteiger partial charge on any atom is 0.411 e. The van der Waals surface area contributed by atoms with Gasteiger partial charge in [0.05, 0.1) is 22.8 Å². The molecule has 1 aliphatic heterocycles. The van der Waals surface area contributed by atoms with Gasteiger partial charge < -0.3 is 19.6 Å². The number of carbonyl (C=O) groups excluding carboxylic acids is 2. The number of benzene rings is 2. The van der Waals surface area contributed by atoms with E-state index in [-0.39, 0.29) is 18.0 Å². The number of nitrogens with zero attached hydrogens (tertiary/aromatic N) is 3. The van der Waals surface area contributed by atoms with Gasteiger partial charge in [0.15, 0.2) is 0 Å². The monoisotopic (exact) mass is 541 g/mol. The van der Waals surface area contributed by atoms with Crippen molar-refractivity contribution in [2.24, 2.45) is 0 Å². The van der Waals surface area contributed by atoms with E-state index in [2.05, 4.69) is 17.1 Å². The Morgan fingerprint density at radius 2 is 1.73 bits per heavy atom. The van der Waals surface area contributed by atoms with Gasteiger partial charge in [0, 0.05) is 39.7 Å². The number of pyridine rings is 1. The van der Waals surface area contributed by atoms with Gasteiger partial charge in [-0.2, -0.15) is 0 Å². The van der Waals surface area contributed by atoms with E-state index in [1.807, 2.05) is 61.5 Å². The average Bonchev–Trinajstić information content (AvgIpc) is 3.74. The van der Waals surface area contributed by atoms with Crippen molar-refractivity contribution in [1.29, 1.82) is 0 Å². The lowest BCUT2D eigenvalue weighted by molar-refractivity contribution is -0.131. The Labute approximate surface area is 236 Å². The van der Waals surface area contributed by atoms with Crippen LogP contribution in [0.15, 0.2) is 72.9 Å². The lowest BCUT2D eigenvalue weighted by Gasteiger charge is -2.45. The molecule has 1 aromatic heterocycles. The zero-order valence-electron chi connectivity index (χ0n) is 24.1. The van der Waals surface area contributed by atoms with E-state index >= 15 is 0 Å². The number of hydrogen-bond donors (Lipinski definition) is 1. The van der Waals surface area contributed by atoms with Crippen LogP contribution in [-0.4, -0.2) is 58.1 Å². The number of carbonyl (C=O) groups is 2. The smallest absolute Gasteiger partial charge is 0.411 e. The second kappa shape index (κ2) is 10.4. The quantitative estimate of drug-likeness (QED) is 0.388. The summed E-state index contributed by atoms with van der Waals surface area (Å²) in [6, 6.07) is 21.7. The SMILES string of the molecule is C[C@@H](c1ccc(-c2ccnc(C3(C(=O)N(C)C)CC3)c2)cc1)N1CC[C@](CC(C)(C)O)(c2ccccc2)OC1=O. The third-order valence-corrected chi connectivity index (χ3v) is 8.30. The lowest BCUT2D eigenvalue weighted by atomic mass is 9.80. The van der Waals surface area contributed by atoms with Gasteiger partial charge >= 0.3 is 6.09 Å². The highest BCUT2D eigenvalue weighted by atomic mass is 16.6. The van der Waals surface area contributed by atoms with E-state index in [0.717, 1.165) is 40.8 Å². The number of amides is 2. The van der Waals surface area contributed by atoms with E-state index < -0.39 is 16.6 Å². The zero-order chi connectivity index (χ0) is 28.7. The van der Waals surface area contributed by atoms with Crippen molar-refractivity contribution in [3.05, 3.63) is 89.7 Å². The first-order chi connectivity index (χ1) is 18.9. The molecule has 1 N–H and O–H groups in total. The third-order valence-electron chi connectivity index (χ3n) is 8.30. The Kier molecular flexibility index (Phi) is 7.21. The van der Waals surface area contributed by atoms with Crippen LogP contribution in [0.3, 0.4) is 0 Å². The van der Waals surface area contributed by atoms with Gasteiger partial charge in [-0.25, -0.2) is 4.79 Å². The third kappa shape index (κ3) is 5.35. The van der Waals surface area contributed by atoms with Crippen LogP contribution in [0.1, 0.15) is 69.3 Å². The standard InChI is InChI=1S/C33H39N3O4/c1-23(36-20-18-33(40-30(36)38,22-31(2,3)39)27-9-7-6-8-10-27)24-11-13-25(14-12-24)26-15-19-34-28(21-26)32(16-17-32)29(37)35(4)5/h6-15,19,21,23,39H,16-18,20,22H2,1-5H3/t23-,33-/m0/s1. The minimum absolute atomic E-state index is 0.105. The van der Waals surface area contributed by atoms with Crippen LogP contribution >= 0.6 is 0 Å². The molecule has 7 heteroatoms. The lowest BCUT2D eigenvalue weighted by Crippen LogP contribution is -2.51. The number of ether oxygens (including phenoxy) is 1. The van der Waals surface area contributed by atoms with Gasteiger partial charge in [0.2, 0.25) is 5.91 Å². The molecule has 1 saturated carbocycles. The second-order valence-corrected chi connectivity index (χ2v) is 12.2. The van der Waals surface area contributed by atoms with Crippen molar-refractivity contribution in [2.45, 2.75) is 69.1 Å². The van der Waals surface area contributed by atoms with E-state index in [0.29, 0.717) is 19.4 Å². The van der Waals surface area contributed by atoms with Crippen LogP contribution in [0.5, 0.6) is 0 Å². The Morgan fingerprint density at radius 3 is 2.30 bits per heavy atom. The first-order valence-corrected chi connectivity index (χ1v) is 14.0. The molecule has 0 radical (unpaired) electrons. The number of rotatable bonds is 8. The molecule has 2 heterocycles. The summed E-state index contributed by atoms with van der Waals surface area (Å²) in [5.74, 6) is 0.105. The van der Waals surface area contributed by atoms with Crippen LogP contribution < -0.4 is 0 Å². The summed E-state index contributed by atoms with van der Waals surface area (Å²) in [6.45, 7) is 6.02. The van der Waals surface area contributed by atoms with E-state index in [9.17, 15) is 14.7 Å². The summed E-state index contributed by atoms with van der Waals surface area (Å²) in [7, 11) is 3.58. The van der Waals surface area contributed by atoms with E-state index in [1.165, 1.54) is 0 Å². The largest absolute Gasteiger partial charge is 0.438 e. The molecular formula is C33H39N3O4. The van der Waals surface area contributed by atoms with Crippen molar-refractivity contribution < 1.29 is 19.4 Å². The zero-order valence-corrected chi connectivity index (χ0v) is 24.1. The van der Waals surface area contributed by atoms with Crippen LogP contribution in [0.2, 0.25) is 0 Å². The minimum Gasteiger partial charge on any atom is -0.438 e. The first kappa shape index (κ1) is 27.8. The van der Waals surface area contributed by atoms with Crippen molar-refractivity contribution in [1.82, 2.24) is 14.8 Å². The molecule has 1 saturated heterocycles. The fourth-order valence-corrected chi connectivity index (χ4v) is 6.03. The highest BCUT2D eigenvalue weighted by molar-refractivity contribution is 5.90. The van der Waals surface area contributed by atoms with Crippen LogP contribution in [0.4, 0.5) is 4.79 Å². The fourth-order valence-electron chi connectivity index (χ4n) is 6.03. The Hall–Kier alpha value is -3.71. The summed E-state index contributed by atoms with van der Waals surface area (Å²) in [6.07, 6.45) is 3.95.